The highest BCUT2D eigenvalue weighted by molar-refractivity contribution is 5.78. The maximum absolute atomic E-state index is 12.8. The first-order valence-electron chi connectivity index (χ1n) is 6.37. The predicted octanol–water partition coefficient (Wildman–Crippen LogP) is 2.61. The van der Waals surface area contributed by atoms with Crippen LogP contribution in [0.5, 0.6) is 0 Å². The monoisotopic (exact) mass is 272 g/mol. The zero-order valence-electron chi connectivity index (χ0n) is 11.3. The number of carbonyl (C=O) groups excluding carboxylic acids is 1. The topological polar surface area (TPSA) is 46.3 Å². The number of benzene rings is 2. The van der Waals surface area contributed by atoms with Crippen molar-refractivity contribution in [3.05, 3.63) is 65.5 Å². The lowest BCUT2D eigenvalue weighted by atomic mass is 10.1. The first kappa shape index (κ1) is 14.1. The molecule has 0 saturated carbocycles. The fraction of sp³-hybridized carbons (Fsp3) is 0.188. The minimum absolute atomic E-state index is 0.0000694. The number of nitrogen functional groups attached to an aromatic ring is 1. The third kappa shape index (κ3) is 3.82. The molecule has 0 heterocycles. The van der Waals surface area contributed by atoms with E-state index in [4.69, 9.17) is 5.73 Å². The number of amides is 1. The highest BCUT2D eigenvalue weighted by Gasteiger charge is 2.10. The molecular formula is C16H17FN2O. The van der Waals surface area contributed by atoms with Crippen molar-refractivity contribution in [3.63, 3.8) is 0 Å². The Balaban J connectivity index is 1.96. The summed E-state index contributed by atoms with van der Waals surface area (Å²) < 4.78 is 12.8. The van der Waals surface area contributed by atoms with Gasteiger partial charge in [-0.25, -0.2) is 4.39 Å². The van der Waals surface area contributed by atoms with Crippen LogP contribution in [0.25, 0.3) is 0 Å². The average molecular weight is 272 g/mol. The second-order valence-corrected chi connectivity index (χ2v) is 4.80. The molecule has 0 atom stereocenters. The Kier molecular flexibility index (Phi) is 4.35. The number of hydrogen-bond donors (Lipinski definition) is 1. The quantitative estimate of drug-likeness (QED) is 0.870. The Morgan fingerprint density at radius 2 is 1.85 bits per heavy atom. The summed E-state index contributed by atoms with van der Waals surface area (Å²) in [6.45, 7) is 0.460. The van der Waals surface area contributed by atoms with Gasteiger partial charge in [0.25, 0.3) is 0 Å². The zero-order chi connectivity index (χ0) is 14.5. The van der Waals surface area contributed by atoms with E-state index in [1.807, 2.05) is 12.1 Å². The van der Waals surface area contributed by atoms with Gasteiger partial charge in [0.05, 0.1) is 6.42 Å². The minimum atomic E-state index is -0.275. The molecule has 0 fully saturated rings. The van der Waals surface area contributed by atoms with E-state index in [0.717, 1.165) is 11.1 Å². The highest BCUT2D eigenvalue weighted by atomic mass is 19.1. The molecule has 0 aromatic heterocycles. The lowest BCUT2D eigenvalue weighted by Gasteiger charge is -2.17. The van der Waals surface area contributed by atoms with Crippen LogP contribution in [-0.2, 0) is 17.8 Å². The van der Waals surface area contributed by atoms with Gasteiger partial charge in [0, 0.05) is 19.3 Å². The van der Waals surface area contributed by atoms with Gasteiger partial charge >= 0.3 is 0 Å². The Morgan fingerprint density at radius 3 is 2.50 bits per heavy atom. The summed E-state index contributed by atoms with van der Waals surface area (Å²) in [6, 6.07) is 13.4. The third-order valence-electron chi connectivity index (χ3n) is 3.07. The van der Waals surface area contributed by atoms with Crippen molar-refractivity contribution in [2.24, 2.45) is 0 Å². The smallest absolute Gasteiger partial charge is 0.227 e. The number of carbonyl (C=O) groups is 1. The van der Waals surface area contributed by atoms with Gasteiger partial charge in [-0.15, -0.1) is 0 Å². The van der Waals surface area contributed by atoms with Crippen LogP contribution < -0.4 is 5.73 Å². The molecule has 104 valence electrons. The maximum atomic E-state index is 12.8. The average Bonchev–Trinajstić information content (AvgIpc) is 2.41. The lowest BCUT2D eigenvalue weighted by Crippen LogP contribution is -2.27. The summed E-state index contributed by atoms with van der Waals surface area (Å²) in [5.41, 5.74) is 8.13. The van der Waals surface area contributed by atoms with Gasteiger partial charge < -0.3 is 10.6 Å². The van der Waals surface area contributed by atoms with Crippen molar-refractivity contribution in [2.75, 3.05) is 12.8 Å². The van der Waals surface area contributed by atoms with Crippen molar-refractivity contribution >= 4 is 11.6 Å². The van der Waals surface area contributed by atoms with Gasteiger partial charge in [-0.3, -0.25) is 4.79 Å². The second-order valence-electron chi connectivity index (χ2n) is 4.80. The van der Waals surface area contributed by atoms with Crippen LogP contribution in [0.3, 0.4) is 0 Å². The fourth-order valence-corrected chi connectivity index (χ4v) is 1.96. The van der Waals surface area contributed by atoms with Gasteiger partial charge in [0.15, 0.2) is 0 Å². The van der Waals surface area contributed by atoms with Gasteiger partial charge in [-0.2, -0.15) is 0 Å². The standard InChI is InChI=1S/C16H17FN2O/c1-19(11-12-5-7-14(17)8-6-12)16(20)10-13-3-2-4-15(18)9-13/h2-9H,10-11,18H2,1H3. The SMILES string of the molecule is CN(Cc1ccc(F)cc1)C(=O)Cc1cccc(N)c1. The van der Waals surface area contributed by atoms with Crippen molar-refractivity contribution in [2.45, 2.75) is 13.0 Å². The molecule has 0 aliphatic carbocycles. The molecule has 0 saturated heterocycles. The van der Waals surface area contributed by atoms with E-state index < -0.39 is 0 Å². The number of nitrogens with zero attached hydrogens (tertiary/aromatic N) is 1. The molecule has 0 radical (unpaired) electrons. The Bertz CT molecular complexity index is 596. The van der Waals surface area contributed by atoms with Gasteiger partial charge in [0.2, 0.25) is 5.91 Å². The van der Waals surface area contributed by atoms with Gasteiger partial charge in [-0.05, 0) is 35.4 Å². The summed E-state index contributed by atoms with van der Waals surface area (Å²) >= 11 is 0. The van der Waals surface area contributed by atoms with Crippen LogP contribution in [0.15, 0.2) is 48.5 Å². The van der Waals surface area contributed by atoms with Crippen LogP contribution in [-0.4, -0.2) is 17.9 Å². The Labute approximate surface area is 117 Å². The minimum Gasteiger partial charge on any atom is -0.399 e. The molecule has 3 nitrogen and oxygen atoms in total. The second kappa shape index (κ2) is 6.19. The molecule has 2 aromatic rings. The van der Waals surface area contributed by atoms with Crippen LogP contribution in [0.2, 0.25) is 0 Å². The number of anilines is 1. The molecule has 1 amide bonds. The maximum Gasteiger partial charge on any atom is 0.227 e. The Morgan fingerprint density at radius 1 is 1.15 bits per heavy atom. The summed E-state index contributed by atoms with van der Waals surface area (Å²) in [5, 5.41) is 0. The normalized spacial score (nSPS) is 10.3. The number of halogens is 1. The van der Waals surface area contributed by atoms with Crippen LogP contribution in [0, 0.1) is 5.82 Å². The number of likely N-dealkylation sites (N-methyl/N-ethyl adjacent to an activating group) is 1. The van der Waals surface area contributed by atoms with Gasteiger partial charge in [-0.1, -0.05) is 24.3 Å². The molecule has 0 aliphatic rings. The number of rotatable bonds is 4. The molecule has 0 spiro atoms. The number of nitrogens with two attached hydrogens (primary N) is 1. The largest absolute Gasteiger partial charge is 0.399 e. The van der Waals surface area contributed by atoms with E-state index in [0.29, 0.717) is 18.7 Å². The first-order valence-corrected chi connectivity index (χ1v) is 6.37. The van der Waals surface area contributed by atoms with Gasteiger partial charge in [0.1, 0.15) is 5.82 Å². The van der Waals surface area contributed by atoms with Crippen LogP contribution >= 0.6 is 0 Å². The van der Waals surface area contributed by atoms with E-state index in [1.165, 1.54) is 12.1 Å². The molecular weight excluding hydrogens is 255 g/mol. The van der Waals surface area contributed by atoms with Crippen molar-refractivity contribution in [1.29, 1.82) is 0 Å². The van der Waals surface area contributed by atoms with Crippen LogP contribution in [0.4, 0.5) is 10.1 Å². The molecule has 0 aliphatic heterocycles. The first-order chi connectivity index (χ1) is 9.54. The van der Waals surface area contributed by atoms with Crippen molar-refractivity contribution < 1.29 is 9.18 Å². The zero-order valence-corrected chi connectivity index (χ0v) is 11.3. The third-order valence-corrected chi connectivity index (χ3v) is 3.07. The molecule has 20 heavy (non-hydrogen) atoms. The summed E-state index contributed by atoms with van der Waals surface area (Å²) in [6.07, 6.45) is 0.308. The molecule has 0 unspecified atom stereocenters. The summed E-state index contributed by atoms with van der Waals surface area (Å²) in [5.74, 6) is -0.276. The van der Waals surface area contributed by atoms with E-state index in [-0.39, 0.29) is 11.7 Å². The van der Waals surface area contributed by atoms with Crippen molar-refractivity contribution in [3.8, 4) is 0 Å². The Hall–Kier alpha value is -2.36. The van der Waals surface area contributed by atoms with Crippen molar-refractivity contribution in [1.82, 2.24) is 4.90 Å². The van der Waals surface area contributed by atoms with E-state index >= 15 is 0 Å². The lowest BCUT2D eigenvalue weighted by molar-refractivity contribution is -0.129. The molecule has 4 heteroatoms. The molecule has 2 rings (SSSR count). The molecule has 2 N–H and O–H groups in total. The highest BCUT2D eigenvalue weighted by Crippen LogP contribution is 2.10. The number of hydrogen-bond acceptors (Lipinski definition) is 2. The van der Waals surface area contributed by atoms with Crippen LogP contribution in [0.1, 0.15) is 11.1 Å². The van der Waals surface area contributed by atoms with E-state index in [9.17, 15) is 9.18 Å². The predicted molar refractivity (Wildman–Crippen MR) is 77.4 cm³/mol. The summed E-state index contributed by atoms with van der Waals surface area (Å²) in [4.78, 5) is 13.7. The molecule has 0 bridgehead atoms. The summed E-state index contributed by atoms with van der Waals surface area (Å²) in [7, 11) is 1.73. The van der Waals surface area contributed by atoms with E-state index in [1.54, 1.807) is 36.2 Å². The van der Waals surface area contributed by atoms with E-state index in [2.05, 4.69) is 0 Å². The molecule has 2 aromatic carbocycles. The fourth-order valence-electron chi connectivity index (χ4n) is 1.96.